The maximum atomic E-state index is 5.21. The van der Waals surface area contributed by atoms with Crippen LogP contribution < -0.4 is 10.1 Å². The first-order valence-corrected chi connectivity index (χ1v) is 5.64. The number of H-pyrrole nitrogens is 1. The van der Waals surface area contributed by atoms with E-state index in [9.17, 15) is 0 Å². The van der Waals surface area contributed by atoms with Gasteiger partial charge in [0.05, 0.1) is 13.4 Å². The molecule has 0 bridgehead atoms. The highest BCUT2D eigenvalue weighted by Crippen LogP contribution is 2.18. The van der Waals surface area contributed by atoms with Crippen LogP contribution in [-0.4, -0.2) is 17.1 Å². The van der Waals surface area contributed by atoms with Crippen molar-refractivity contribution in [2.75, 3.05) is 7.11 Å². The number of aromatic amines is 1. The molecule has 0 fully saturated rings. The minimum Gasteiger partial charge on any atom is -0.497 e. The highest BCUT2D eigenvalue weighted by atomic mass is 16.5. The summed E-state index contributed by atoms with van der Waals surface area (Å²) < 4.78 is 5.21. The Kier molecular flexibility index (Phi) is 3.77. The van der Waals surface area contributed by atoms with Gasteiger partial charge in [-0.2, -0.15) is 0 Å². The topological polar surface area (TPSA) is 49.9 Å². The summed E-state index contributed by atoms with van der Waals surface area (Å²) in [6.45, 7) is 2.91. The van der Waals surface area contributed by atoms with Crippen molar-refractivity contribution in [2.45, 2.75) is 19.5 Å². The van der Waals surface area contributed by atoms with E-state index in [0.29, 0.717) is 0 Å². The van der Waals surface area contributed by atoms with Crippen LogP contribution in [0.25, 0.3) is 0 Å². The van der Waals surface area contributed by atoms with Crippen molar-refractivity contribution >= 4 is 0 Å². The zero-order valence-corrected chi connectivity index (χ0v) is 10.1. The van der Waals surface area contributed by atoms with Crippen LogP contribution in [0, 0.1) is 0 Å². The molecule has 1 heterocycles. The maximum Gasteiger partial charge on any atom is 0.119 e. The lowest BCUT2D eigenvalue weighted by Crippen LogP contribution is -2.18. The van der Waals surface area contributed by atoms with E-state index in [-0.39, 0.29) is 6.04 Å². The number of hydrogen-bond acceptors (Lipinski definition) is 3. The predicted molar refractivity (Wildman–Crippen MR) is 66.8 cm³/mol. The Morgan fingerprint density at radius 2 is 2.35 bits per heavy atom. The molecule has 90 valence electrons. The number of ether oxygens (including phenoxy) is 1. The standard InChI is InChI=1S/C13H17N3O/c1-10(15-8-12-7-14-9-16-12)11-4-3-5-13(6-11)17-2/h3-7,9-10,15H,8H2,1-2H3,(H,14,16). The van der Waals surface area contributed by atoms with Gasteiger partial charge in [-0.05, 0) is 24.6 Å². The lowest BCUT2D eigenvalue weighted by atomic mass is 10.1. The lowest BCUT2D eigenvalue weighted by molar-refractivity contribution is 0.413. The Labute approximate surface area is 101 Å². The van der Waals surface area contributed by atoms with Crippen LogP contribution in [0.2, 0.25) is 0 Å². The van der Waals surface area contributed by atoms with E-state index in [1.54, 1.807) is 13.4 Å². The van der Waals surface area contributed by atoms with Crippen molar-refractivity contribution in [1.29, 1.82) is 0 Å². The van der Waals surface area contributed by atoms with E-state index < -0.39 is 0 Å². The molecule has 0 saturated heterocycles. The van der Waals surface area contributed by atoms with E-state index in [4.69, 9.17) is 4.74 Å². The molecule has 17 heavy (non-hydrogen) atoms. The van der Waals surface area contributed by atoms with Gasteiger partial charge in [0.2, 0.25) is 0 Å². The quantitative estimate of drug-likeness (QED) is 0.830. The third-order valence-corrected chi connectivity index (χ3v) is 2.75. The normalized spacial score (nSPS) is 12.4. The molecular weight excluding hydrogens is 214 g/mol. The molecule has 2 aromatic rings. The summed E-state index contributed by atoms with van der Waals surface area (Å²) in [5, 5.41) is 3.43. The average Bonchev–Trinajstić information content (AvgIpc) is 2.89. The zero-order valence-electron chi connectivity index (χ0n) is 10.1. The third kappa shape index (κ3) is 3.07. The van der Waals surface area contributed by atoms with Crippen LogP contribution in [0.1, 0.15) is 24.2 Å². The number of hydrogen-bond donors (Lipinski definition) is 2. The minimum atomic E-state index is 0.272. The summed E-state index contributed by atoms with van der Waals surface area (Å²) >= 11 is 0. The van der Waals surface area contributed by atoms with Gasteiger partial charge in [0.25, 0.3) is 0 Å². The second-order valence-electron chi connectivity index (χ2n) is 3.96. The second-order valence-corrected chi connectivity index (χ2v) is 3.96. The van der Waals surface area contributed by atoms with Crippen LogP contribution in [0.5, 0.6) is 5.75 Å². The van der Waals surface area contributed by atoms with Gasteiger partial charge in [-0.1, -0.05) is 12.1 Å². The van der Waals surface area contributed by atoms with Crippen LogP contribution in [0.4, 0.5) is 0 Å². The number of benzene rings is 1. The number of nitrogens with one attached hydrogen (secondary N) is 2. The molecule has 1 unspecified atom stereocenters. The molecule has 2 N–H and O–H groups in total. The Hall–Kier alpha value is -1.81. The van der Waals surface area contributed by atoms with Gasteiger partial charge in [0, 0.05) is 24.5 Å². The Bertz CT molecular complexity index is 453. The van der Waals surface area contributed by atoms with Gasteiger partial charge in [-0.25, -0.2) is 4.98 Å². The number of nitrogens with zero attached hydrogens (tertiary/aromatic N) is 1. The lowest BCUT2D eigenvalue weighted by Gasteiger charge is -2.14. The van der Waals surface area contributed by atoms with Crippen molar-refractivity contribution in [3.05, 3.63) is 48.0 Å². The van der Waals surface area contributed by atoms with Crippen LogP contribution in [-0.2, 0) is 6.54 Å². The molecule has 1 atom stereocenters. The fraction of sp³-hybridized carbons (Fsp3) is 0.308. The van der Waals surface area contributed by atoms with Crippen LogP contribution in [0.15, 0.2) is 36.8 Å². The number of rotatable bonds is 5. The molecule has 1 aromatic heterocycles. The van der Waals surface area contributed by atoms with Gasteiger partial charge in [0.1, 0.15) is 5.75 Å². The van der Waals surface area contributed by atoms with E-state index in [1.165, 1.54) is 5.56 Å². The first-order valence-electron chi connectivity index (χ1n) is 5.64. The molecule has 0 spiro atoms. The zero-order chi connectivity index (χ0) is 12.1. The monoisotopic (exact) mass is 231 g/mol. The SMILES string of the molecule is COc1cccc(C(C)NCc2cnc[nH]2)c1. The first kappa shape index (κ1) is 11.7. The largest absolute Gasteiger partial charge is 0.497 e. The third-order valence-electron chi connectivity index (χ3n) is 2.75. The molecule has 2 rings (SSSR count). The molecule has 0 amide bonds. The van der Waals surface area contributed by atoms with E-state index >= 15 is 0 Å². The highest BCUT2D eigenvalue weighted by molar-refractivity contribution is 5.30. The molecule has 0 aliphatic rings. The molecule has 0 saturated carbocycles. The summed E-state index contributed by atoms with van der Waals surface area (Å²) in [4.78, 5) is 7.05. The number of imidazole rings is 1. The van der Waals surface area contributed by atoms with Crippen molar-refractivity contribution in [1.82, 2.24) is 15.3 Å². The van der Waals surface area contributed by atoms with Gasteiger partial charge in [-0.3, -0.25) is 0 Å². The van der Waals surface area contributed by atoms with Crippen molar-refractivity contribution < 1.29 is 4.74 Å². The summed E-state index contributed by atoms with van der Waals surface area (Å²) in [6, 6.07) is 8.36. The molecule has 1 aromatic carbocycles. The molecular formula is C13H17N3O. The average molecular weight is 231 g/mol. The fourth-order valence-corrected chi connectivity index (χ4v) is 1.67. The molecule has 0 aliphatic heterocycles. The summed E-state index contributed by atoms with van der Waals surface area (Å²) in [6.07, 6.45) is 3.51. The molecule has 0 radical (unpaired) electrons. The Morgan fingerprint density at radius 1 is 1.47 bits per heavy atom. The summed E-state index contributed by atoms with van der Waals surface area (Å²) in [5.41, 5.74) is 2.30. The smallest absolute Gasteiger partial charge is 0.119 e. The van der Waals surface area contributed by atoms with Crippen molar-refractivity contribution in [2.24, 2.45) is 0 Å². The summed E-state index contributed by atoms with van der Waals surface area (Å²) in [5.74, 6) is 0.887. The number of methoxy groups -OCH3 is 1. The van der Waals surface area contributed by atoms with Gasteiger partial charge in [-0.15, -0.1) is 0 Å². The Morgan fingerprint density at radius 3 is 3.06 bits per heavy atom. The van der Waals surface area contributed by atoms with E-state index in [2.05, 4.69) is 28.3 Å². The fourth-order valence-electron chi connectivity index (χ4n) is 1.67. The first-order chi connectivity index (χ1) is 8.29. The maximum absolute atomic E-state index is 5.21. The Balaban J connectivity index is 1.96. The van der Waals surface area contributed by atoms with Gasteiger partial charge < -0.3 is 15.0 Å². The predicted octanol–water partition coefficient (Wildman–Crippen LogP) is 2.27. The highest BCUT2D eigenvalue weighted by Gasteiger charge is 2.06. The molecule has 0 aliphatic carbocycles. The van der Waals surface area contributed by atoms with E-state index in [1.807, 2.05) is 24.4 Å². The second kappa shape index (κ2) is 5.50. The van der Waals surface area contributed by atoms with Crippen LogP contribution >= 0.6 is 0 Å². The molecule has 4 heteroatoms. The van der Waals surface area contributed by atoms with Gasteiger partial charge >= 0.3 is 0 Å². The minimum absolute atomic E-state index is 0.272. The van der Waals surface area contributed by atoms with Crippen molar-refractivity contribution in [3.8, 4) is 5.75 Å². The number of aromatic nitrogens is 2. The van der Waals surface area contributed by atoms with E-state index in [0.717, 1.165) is 18.0 Å². The van der Waals surface area contributed by atoms with Gasteiger partial charge in [0.15, 0.2) is 0 Å². The van der Waals surface area contributed by atoms with Crippen molar-refractivity contribution in [3.63, 3.8) is 0 Å². The summed E-state index contributed by atoms with van der Waals surface area (Å²) in [7, 11) is 1.68. The van der Waals surface area contributed by atoms with Crippen LogP contribution in [0.3, 0.4) is 0 Å². The molecule has 4 nitrogen and oxygen atoms in total.